The summed E-state index contributed by atoms with van der Waals surface area (Å²) in [5.74, 6) is -1.95. The molecule has 1 aliphatic rings. The molecular weight excluding hydrogens is 256 g/mol. The van der Waals surface area contributed by atoms with Gasteiger partial charge < -0.3 is 19.7 Å². The fraction of sp³-hybridized carbons (Fsp3) is 0.364. The van der Waals surface area contributed by atoms with Crippen molar-refractivity contribution in [1.82, 2.24) is 9.55 Å². The van der Waals surface area contributed by atoms with Crippen LogP contribution in [0.4, 0.5) is 0 Å². The minimum atomic E-state index is -1.21. The minimum absolute atomic E-state index is 0.00264. The molecule has 0 spiro atoms. The van der Waals surface area contributed by atoms with Gasteiger partial charge in [0, 0.05) is 5.70 Å². The van der Waals surface area contributed by atoms with E-state index in [1.165, 1.54) is 0 Å². The number of carbonyl (C=O) groups is 1. The standard InChI is InChI=1S/C11H12N2O6/c1-5-3-19-4-6(14)9-12-7(11(17)18-2)8(15)10(16)13(5)9/h6,14-15H,1,3-4H2,2H3. The molecule has 0 amide bonds. The van der Waals surface area contributed by atoms with Crippen molar-refractivity contribution in [2.75, 3.05) is 20.3 Å². The number of carbonyl (C=O) groups excluding carboxylic acids is 1. The number of nitrogens with zero attached hydrogens (tertiary/aromatic N) is 2. The summed E-state index contributed by atoms with van der Waals surface area (Å²) in [6.07, 6.45) is -1.21. The number of esters is 1. The Hall–Kier alpha value is -2.19. The van der Waals surface area contributed by atoms with Gasteiger partial charge in [-0.05, 0) is 0 Å². The maximum Gasteiger partial charge on any atom is 0.360 e. The summed E-state index contributed by atoms with van der Waals surface area (Å²) >= 11 is 0. The Morgan fingerprint density at radius 1 is 1.63 bits per heavy atom. The average Bonchev–Trinajstić information content (AvgIpc) is 2.53. The molecule has 8 nitrogen and oxygen atoms in total. The molecule has 1 aromatic heterocycles. The molecule has 0 saturated carbocycles. The highest BCUT2D eigenvalue weighted by atomic mass is 16.5. The normalized spacial score (nSPS) is 18.6. The smallest absolute Gasteiger partial charge is 0.360 e. The molecule has 0 aliphatic carbocycles. The average molecular weight is 268 g/mol. The Balaban J connectivity index is 2.75. The van der Waals surface area contributed by atoms with E-state index in [-0.39, 0.29) is 24.7 Å². The quantitative estimate of drug-likeness (QED) is 0.646. The van der Waals surface area contributed by atoms with E-state index in [1.54, 1.807) is 0 Å². The van der Waals surface area contributed by atoms with Gasteiger partial charge in [-0.3, -0.25) is 9.36 Å². The molecule has 0 bridgehead atoms. The molecule has 8 heteroatoms. The molecule has 1 aliphatic heterocycles. The van der Waals surface area contributed by atoms with E-state index in [0.717, 1.165) is 11.7 Å². The zero-order valence-corrected chi connectivity index (χ0v) is 10.1. The zero-order valence-electron chi connectivity index (χ0n) is 10.1. The van der Waals surface area contributed by atoms with Crippen molar-refractivity contribution in [2.24, 2.45) is 0 Å². The van der Waals surface area contributed by atoms with Crippen molar-refractivity contribution in [1.29, 1.82) is 0 Å². The van der Waals surface area contributed by atoms with Gasteiger partial charge in [-0.1, -0.05) is 6.58 Å². The molecule has 0 fully saturated rings. The molecule has 0 saturated heterocycles. The summed E-state index contributed by atoms with van der Waals surface area (Å²) in [4.78, 5) is 27.2. The molecule has 2 rings (SSSR count). The molecule has 2 heterocycles. The molecule has 1 aromatic rings. The van der Waals surface area contributed by atoms with E-state index in [4.69, 9.17) is 4.74 Å². The Bertz CT molecular complexity index is 606. The SMILES string of the molecule is C=C1COCC(O)c2nc(C(=O)OC)c(O)c(=O)n21. The van der Waals surface area contributed by atoms with Crippen molar-refractivity contribution in [3.05, 3.63) is 28.5 Å². The Labute approximate surface area is 107 Å². The number of ether oxygens (including phenoxy) is 2. The van der Waals surface area contributed by atoms with Crippen molar-refractivity contribution in [3.63, 3.8) is 0 Å². The van der Waals surface area contributed by atoms with E-state index >= 15 is 0 Å². The monoisotopic (exact) mass is 268 g/mol. The summed E-state index contributed by atoms with van der Waals surface area (Å²) in [5, 5.41) is 19.5. The van der Waals surface area contributed by atoms with Crippen LogP contribution >= 0.6 is 0 Å². The number of aromatic nitrogens is 2. The number of fused-ring (bicyclic) bond motifs is 1. The second-order valence-electron chi connectivity index (χ2n) is 3.90. The topological polar surface area (TPSA) is 111 Å². The fourth-order valence-electron chi connectivity index (χ4n) is 1.72. The highest BCUT2D eigenvalue weighted by Gasteiger charge is 2.28. The van der Waals surface area contributed by atoms with Crippen LogP contribution in [-0.4, -0.2) is 46.1 Å². The third-order valence-corrected chi connectivity index (χ3v) is 2.62. The number of rotatable bonds is 1. The van der Waals surface area contributed by atoms with Gasteiger partial charge in [0.05, 0.1) is 20.3 Å². The van der Waals surface area contributed by atoms with Crippen LogP contribution in [-0.2, 0) is 9.47 Å². The number of aliphatic hydroxyl groups is 1. The number of aromatic hydroxyl groups is 1. The largest absolute Gasteiger partial charge is 0.501 e. The van der Waals surface area contributed by atoms with E-state index in [0.29, 0.717) is 0 Å². The molecule has 0 radical (unpaired) electrons. The molecule has 1 unspecified atom stereocenters. The van der Waals surface area contributed by atoms with Crippen LogP contribution in [0.1, 0.15) is 22.4 Å². The Morgan fingerprint density at radius 3 is 2.95 bits per heavy atom. The predicted molar refractivity (Wildman–Crippen MR) is 62.6 cm³/mol. The molecule has 19 heavy (non-hydrogen) atoms. The van der Waals surface area contributed by atoms with Gasteiger partial charge in [-0.25, -0.2) is 9.78 Å². The van der Waals surface area contributed by atoms with Crippen LogP contribution in [0.5, 0.6) is 5.75 Å². The van der Waals surface area contributed by atoms with Crippen molar-refractivity contribution < 1.29 is 24.5 Å². The number of aliphatic hydroxyl groups excluding tert-OH is 1. The first-order valence-corrected chi connectivity index (χ1v) is 5.35. The van der Waals surface area contributed by atoms with Crippen LogP contribution in [0.2, 0.25) is 0 Å². The number of hydrogen-bond donors (Lipinski definition) is 2. The molecule has 0 aromatic carbocycles. The van der Waals surface area contributed by atoms with Gasteiger partial charge >= 0.3 is 11.5 Å². The maximum atomic E-state index is 12.0. The third-order valence-electron chi connectivity index (χ3n) is 2.62. The van der Waals surface area contributed by atoms with E-state index in [9.17, 15) is 19.8 Å². The van der Waals surface area contributed by atoms with Gasteiger partial charge in [0.2, 0.25) is 5.75 Å². The van der Waals surface area contributed by atoms with Gasteiger partial charge in [0.15, 0.2) is 5.69 Å². The lowest BCUT2D eigenvalue weighted by atomic mass is 10.3. The first-order chi connectivity index (χ1) is 8.97. The summed E-state index contributed by atoms with van der Waals surface area (Å²) in [6.45, 7) is 3.51. The maximum absolute atomic E-state index is 12.0. The third kappa shape index (κ3) is 2.11. The highest BCUT2D eigenvalue weighted by molar-refractivity contribution is 5.90. The summed E-state index contributed by atoms with van der Waals surface area (Å²) in [7, 11) is 1.09. The summed E-state index contributed by atoms with van der Waals surface area (Å²) in [5.41, 5.74) is -1.25. The molecule has 1 atom stereocenters. The highest BCUT2D eigenvalue weighted by Crippen LogP contribution is 2.21. The molecular formula is C11H12N2O6. The second kappa shape index (κ2) is 4.82. The van der Waals surface area contributed by atoms with Crippen LogP contribution < -0.4 is 5.56 Å². The molecule has 102 valence electrons. The Morgan fingerprint density at radius 2 is 2.32 bits per heavy atom. The number of hydrogen-bond acceptors (Lipinski definition) is 7. The van der Waals surface area contributed by atoms with Crippen LogP contribution in [0.3, 0.4) is 0 Å². The van der Waals surface area contributed by atoms with Crippen molar-refractivity contribution >= 4 is 11.7 Å². The van der Waals surface area contributed by atoms with E-state index < -0.39 is 29.1 Å². The predicted octanol–water partition coefficient (Wildman–Crippen LogP) is -0.730. The van der Waals surface area contributed by atoms with Crippen molar-refractivity contribution in [3.8, 4) is 5.75 Å². The van der Waals surface area contributed by atoms with Crippen molar-refractivity contribution in [2.45, 2.75) is 6.10 Å². The van der Waals surface area contributed by atoms with Gasteiger partial charge in [0.25, 0.3) is 0 Å². The van der Waals surface area contributed by atoms with Gasteiger partial charge in [-0.15, -0.1) is 0 Å². The second-order valence-corrected chi connectivity index (χ2v) is 3.90. The summed E-state index contributed by atoms with van der Waals surface area (Å²) < 4.78 is 10.4. The lowest BCUT2D eigenvalue weighted by Crippen LogP contribution is -2.28. The van der Waals surface area contributed by atoms with Crippen LogP contribution in [0.25, 0.3) is 5.70 Å². The van der Waals surface area contributed by atoms with Crippen LogP contribution in [0, 0.1) is 0 Å². The lowest BCUT2D eigenvalue weighted by molar-refractivity contribution is 0.0507. The molecule has 2 N–H and O–H groups in total. The number of methoxy groups -OCH3 is 1. The summed E-state index contributed by atoms with van der Waals surface area (Å²) in [6, 6.07) is 0. The lowest BCUT2D eigenvalue weighted by Gasteiger charge is -2.14. The first kappa shape index (κ1) is 13.2. The zero-order chi connectivity index (χ0) is 14.2. The van der Waals surface area contributed by atoms with Crippen LogP contribution in [0.15, 0.2) is 11.4 Å². The van der Waals surface area contributed by atoms with E-state index in [1.807, 2.05) is 0 Å². The fourth-order valence-corrected chi connectivity index (χ4v) is 1.72. The van der Waals surface area contributed by atoms with Gasteiger partial charge in [0.1, 0.15) is 11.9 Å². The first-order valence-electron chi connectivity index (χ1n) is 5.35. The Kier molecular flexibility index (Phi) is 3.36. The van der Waals surface area contributed by atoms with Gasteiger partial charge in [-0.2, -0.15) is 0 Å². The minimum Gasteiger partial charge on any atom is -0.501 e. The van der Waals surface area contributed by atoms with E-state index in [2.05, 4.69) is 16.3 Å².